The first kappa shape index (κ1) is 21.5. The maximum atomic E-state index is 13.0. The lowest BCUT2D eigenvalue weighted by atomic mass is 10.2. The fourth-order valence-corrected chi connectivity index (χ4v) is 3.86. The van der Waals surface area contributed by atoms with E-state index in [1.54, 1.807) is 31.3 Å². The summed E-state index contributed by atoms with van der Waals surface area (Å²) in [7, 11) is 3.14. The van der Waals surface area contributed by atoms with Gasteiger partial charge in [-0.2, -0.15) is 0 Å². The third kappa shape index (κ3) is 4.35. The summed E-state index contributed by atoms with van der Waals surface area (Å²) in [6, 6.07) is 15.0. The van der Waals surface area contributed by atoms with Crippen molar-refractivity contribution in [3.8, 4) is 22.9 Å². The van der Waals surface area contributed by atoms with Gasteiger partial charge in [0.25, 0.3) is 0 Å². The minimum Gasteiger partial charge on any atom is -0.493 e. The molecule has 0 aliphatic rings. The first-order chi connectivity index (χ1) is 14.5. The summed E-state index contributed by atoms with van der Waals surface area (Å²) in [5.41, 5.74) is 1.59. The monoisotopic (exact) mass is 427 g/mol. The number of rotatable bonds is 8. The van der Waals surface area contributed by atoms with E-state index in [1.165, 1.54) is 16.4 Å². The molecule has 3 rings (SSSR count). The average Bonchev–Trinajstić information content (AvgIpc) is 3.14. The summed E-state index contributed by atoms with van der Waals surface area (Å²) < 4.78 is 12.0. The van der Waals surface area contributed by atoms with Crippen LogP contribution >= 0.6 is 11.8 Å². The van der Waals surface area contributed by atoms with Crippen LogP contribution in [0.2, 0.25) is 0 Å². The summed E-state index contributed by atoms with van der Waals surface area (Å²) >= 11 is 1.27. The molecule has 0 radical (unpaired) electrons. The van der Waals surface area contributed by atoms with E-state index in [0.717, 1.165) is 11.3 Å². The number of aromatic nitrogens is 3. The van der Waals surface area contributed by atoms with Gasteiger partial charge in [-0.3, -0.25) is 4.79 Å². The van der Waals surface area contributed by atoms with Gasteiger partial charge in [0.2, 0.25) is 11.1 Å². The SMILES string of the molecule is CCN(C(=O)[C@H](C)Sc1nnc(-c2ccc(OC)c(OC)c2)n1N)c1ccccc1. The Morgan fingerprint density at radius 3 is 2.47 bits per heavy atom. The number of nitrogens with zero attached hydrogens (tertiary/aromatic N) is 4. The molecule has 2 N–H and O–H groups in total. The smallest absolute Gasteiger partial charge is 0.240 e. The molecule has 0 bridgehead atoms. The topological polar surface area (TPSA) is 95.5 Å². The summed E-state index contributed by atoms with van der Waals surface area (Å²) in [5.74, 6) is 7.86. The Balaban J connectivity index is 1.80. The number of benzene rings is 2. The van der Waals surface area contributed by atoms with Crippen LogP contribution in [0.4, 0.5) is 5.69 Å². The molecular formula is C21H25N5O3S. The molecule has 2 aromatic carbocycles. The summed E-state index contributed by atoms with van der Waals surface area (Å²) in [5, 5.41) is 8.43. The number of carbonyl (C=O) groups is 1. The number of hydrogen-bond acceptors (Lipinski definition) is 7. The van der Waals surface area contributed by atoms with Crippen LogP contribution in [0.15, 0.2) is 53.7 Å². The van der Waals surface area contributed by atoms with Crippen LogP contribution in [0.1, 0.15) is 13.8 Å². The third-order valence-corrected chi connectivity index (χ3v) is 5.63. The highest BCUT2D eigenvalue weighted by atomic mass is 32.2. The first-order valence-corrected chi connectivity index (χ1v) is 10.3. The molecule has 0 spiro atoms. The van der Waals surface area contributed by atoms with Gasteiger partial charge < -0.3 is 20.2 Å². The van der Waals surface area contributed by atoms with Crippen molar-refractivity contribution < 1.29 is 14.3 Å². The Labute approximate surface area is 180 Å². The minimum atomic E-state index is -0.394. The molecule has 0 unspecified atom stereocenters. The normalized spacial score (nSPS) is 11.7. The van der Waals surface area contributed by atoms with Gasteiger partial charge in [0.1, 0.15) is 0 Å². The molecular weight excluding hydrogens is 402 g/mol. The molecule has 3 aromatic rings. The van der Waals surface area contributed by atoms with E-state index in [1.807, 2.05) is 50.2 Å². The van der Waals surface area contributed by atoms with Gasteiger partial charge in [0.05, 0.1) is 19.5 Å². The molecule has 1 amide bonds. The summed E-state index contributed by atoms with van der Waals surface area (Å²) in [6.07, 6.45) is 0. The second kappa shape index (κ2) is 9.53. The van der Waals surface area contributed by atoms with Crippen molar-refractivity contribution in [2.45, 2.75) is 24.3 Å². The molecule has 0 saturated heterocycles. The molecule has 0 saturated carbocycles. The lowest BCUT2D eigenvalue weighted by Gasteiger charge is -2.24. The van der Waals surface area contributed by atoms with Crippen LogP contribution in [0, 0.1) is 0 Å². The van der Waals surface area contributed by atoms with Crippen LogP contribution in [0.5, 0.6) is 11.5 Å². The van der Waals surface area contributed by atoms with Crippen LogP contribution in [0.25, 0.3) is 11.4 Å². The van der Waals surface area contributed by atoms with Crippen molar-refractivity contribution in [2.24, 2.45) is 0 Å². The number of hydrogen-bond donors (Lipinski definition) is 1. The summed E-state index contributed by atoms with van der Waals surface area (Å²) in [6.45, 7) is 4.35. The zero-order valence-corrected chi connectivity index (χ0v) is 18.2. The van der Waals surface area contributed by atoms with E-state index < -0.39 is 5.25 Å². The number of thioether (sulfide) groups is 1. The van der Waals surface area contributed by atoms with Crippen molar-refractivity contribution >= 4 is 23.4 Å². The first-order valence-electron chi connectivity index (χ1n) is 9.46. The molecule has 0 aliphatic carbocycles. The highest BCUT2D eigenvalue weighted by molar-refractivity contribution is 8.00. The highest BCUT2D eigenvalue weighted by Gasteiger charge is 2.24. The van der Waals surface area contributed by atoms with Crippen LogP contribution in [0.3, 0.4) is 0 Å². The molecule has 1 aromatic heterocycles. The van der Waals surface area contributed by atoms with Crippen LogP contribution in [-0.4, -0.2) is 46.8 Å². The Morgan fingerprint density at radius 2 is 1.83 bits per heavy atom. The number of ether oxygens (including phenoxy) is 2. The van der Waals surface area contributed by atoms with Crippen molar-refractivity contribution in [3.05, 3.63) is 48.5 Å². The van der Waals surface area contributed by atoms with E-state index in [0.29, 0.717) is 29.0 Å². The van der Waals surface area contributed by atoms with Gasteiger partial charge >= 0.3 is 0 Å². The molecule has 0 aliphatic heterocycles. The van der Waals surface area contributed by atoms with Gasteiger partial charge in [-0.15, -0.1) is 10.2 Å². The number of carbonyl (C=O) groups excluding carboxylic acids is 1. The maximum absolute atomic E-state index is 13.0. The number of anilines is 1. The fraction of sp³-hybridized carbons (Fsp3) is 0.286. The van der Waals surface area contributed by atoms with Gasteiger partial charge in [-0.25, -0.2) is 4.68 Å². The minimum absolute atomic E-state index is 0.0237. The Morgan fingerprint density at radius 1 is 1.13 bits per heavy atom. The van der Waals surface area contributed by atoms with Gasteiger partial charge in [0, 0.05) is 17.8 Å². The van der Waals surface area contributed by atoms with Crippen LogP contribution in [-0.2, 0) is 4.79 Å². The maximum Gasteiger partial charge on any atom is 0.240 e. The second-order valence-corrected chi connectivity index (χ2v) is 7.73. The van der Waals surface area contributed by atoms with E-state index in [2.05, 4.69) is 10.2 Å². The molecule has 1 heterocycles. The van der Waals surface area contributed by atoms with E-state index >= 15 is 0 Å². The summed E-state index contributed by atoms with van der Waals surface area (Å²) in [4.78, 5) is 14.7. The second-order valence-electron chi connectivity index (χ2n) is 6.42. The largest absolute Gasteiger partial charge is 0.493 e. The van der Waals surface area contributed by atoms with E-state index in [-0.39, 0.29) is 5.91 Å². The Bertz CT molecular complexity index is 1010. The molecule has 8 nitrogen and oxygen atoms in total. The predicted molar refractivity (Wildman–Crippen MR) is 119 cm³/mol. The molecule has 30 heavy (non-hydrogen) atoms. The Kier molecular flexibility index (Phi) is 6.83. The zero-order valence-electron chi connectivity index (χ0n) is 17.4. The molecule has 1 atom stereocenters. The third-order valence-electron chi connectivity index (χ3n) is 4.59. The fourth-order valence-electron chi connectivity index (χ4n) is 3.03. The molecule has 158 valence electrons. The number of methoxy groups -OCH3 is 2. The number of para-hydroxylation sites is 1. The van der Waals surface area contributed by atoms with E-state index in [9.17, 15) is 4.79 Å². The quantitative estimate of drug-likeness (QED) is 0.436. The standard InChI is InChI=1S/C21H25N5O3S/c1-5-25(16-9-7-6-8-10-16)20(27)14(2)30-21-24-23-19(26(21)22)15-11-12-17(28-3)18(13-15)29-4/h6-14H,5,22H2,1-4H3/t14-/m0/s1. The average molecular weight is 428 g/mol. The van der Waals surface area contributed by atoms with Gasteiger partial charge in [0.15, 0.2) is 17.3 Å². The lowest BCUT2D eigenvalue weighted by Crippen LogP contribution is -2.36. The van der Waals surface area contributed by atoms with Crippen LogP contribution < -0.4 is 20.2 Å². The number of amides is 1. The molecule has 9 heteroatoms. The van der Waals surface area contributed by atoms with Crippen molar-refractivity contribution in [2.75, 3.05) is 31.5 Å². The predicted octanol–water partition coefficient (Wildman–Crippen LogP) is 3.21. The Hall–Kier alpha value is -3.20. The zero-order chi connectivity index (χ0) is 21.7. The van der Waals surface area contributed by atoms with Crippen molar-refractivity contribution in [1.29, 1.82) is 0 Å². The highest BCUT2D eigenvalue weighted by Crippen LogP contribution is 2.33. The molecule has 0 fully saturated rings. The number of nitrogen functional groups attached to an aromatic ring is 1. The van der Waals surface area contributed by atoms with Crippen molar-refractivity contribution in [1.82, 2.24) is 14.9 Å². The van der Waals surface area contributed by atoms with Gasteiger partial charge in [-0.05, 0) is 44.2 Å². The lowest BCUT2D eigenvalue weighted by molar-refractivity contribution is -0.117. The van der Waals surface area contributed by atoms with Gasteiger partial charge in [-0.1, -0.05) is 30.0 Å². The van der Waals surface area contributed by atoms with E-state index in [4.69, 9.17) is 15.3 Å². The van der Waals surface area contributed by atoms with Crippen molar-refractivity contribution in [3.63, 3.8) is 0 Å². The number of nitrogens with two attached hydrogens (primary N) is 1.